The number of piperazine rings is 1. The largest absolute Gasteiger partial charge is 0.493 e. The molecule has 2 aliphatic rings. The maximum Gasteiger partial charge on any atom is 0.410 e. The molecule has 0 unspecified atom stereocenters. The topological polar surface area (TPSA) is 159 Å². The van der Waals surface area contributed by atoms with Crippen molar-refractivity contribution >= 4 is 40.5 Å². The Labute approximate surface area is 341 Å². The Kier molecular flexibility index (Phi) is 11.8. The molecular formula is C43H45N9O7. The Hall–Kier alpha value is -6.78. The number of anilines is 3. The number of nitrogens with zero attached hydrogens (tertiary/aromatic N) is 8. The summed E-state index contributed by atoms with van der Waals surface area (Å²) in [4.78, 5) is 40.5. The molecular weight excluding hydrogens is 755 g/mol. The number of nitrogens with one attached hydrogen (secondary N) is 1. The maximum atomic E-state index is 12.9. The first-order valence-corrected chi connectivity index (χ1v) is 19.4. The first-order valence-electron chi connectivity index (χ1n) is 19.4. The summed E-state index contributed by atoms with van der Waals surface area (Å²) < 4.78 is 29.7. The van der Waals surface area contributed by atoms with E-state index in [2.05, 4.69) is 42.6 Å². The second-order valence-electron chi connectivity index (χ2n) is 14.0. The minimum Gasteiger partial charge on any atom is -0.493 e. The fourth-order valence-electron chi connectivity index (χ4n) is 7.21. The van der Waals surface area contributed by atoms with Gasteiger partial charge in [-0.3, -0.25) is 4.79 Å². The lowest BCUT2D eigenvalue weighted by Crippen LogP contribution is -2.49. The van der Waals surface area contributed by atoms with Crippen molar-refractivity contribution in [2.75, 3.05) is 90.6 Å². The number of carbonyl (C=O) groups is 2. The quantitative estimate of drug-likeness (QED) is 0.130. The molecule has 0 radical (unpaired) electrons. The Balaban J connectivity index is 0.731. The molecule has 0 saturated carbocycles. The summed E-state index contributed by atoms with van der Waals surface area (Å²) in [6.45, 7) is 3.82. The predicted octanol–water partition coefficient (Wildman–Crippen LogP) is 5.49. The molecule has 6 aromatic rings. The van der Waals surface area contributed by atoms with Crippen LogP contribution in [-0.4, -0.2) is 127 Å². The first-order chi connectivity index (χ1) is 28.9. The van der Waals surface area contributed by atoms with Gasteiger partial charge in [-0.25, -0.2) is 9.78 Å². The second kappa shape index (κ2) is 17.8. The van der Waals surface area contributed by atoms with Crippen molar-refractivity contribution in [3.05, 3.63) is 108 Å². The molecule has 8 rings (SSSR count). The molecule has 1 aliphatic carbocycles. The Morgan fingerprint density at radius 1 is 0.797 bits per heavy atom. The molecule has 304 valence electrons. The van der Waals surface area contributed by atoms with Crippen LogP contribution >= 0.6 is 0 Å². The zero-order valence-electron chi connectivity index (χ0n) is 33.1. The number of hydrogen-bond donors (Lipinski definition) is 1. The molecule has 4 aromatic carbocycles. The van der Waals surface area contributed by atoms with Gasteiger partial charge in [-0.05, 0) is 47.5 Å². The number of aromatic nitrogens is 5. The van der Waals surface area contributed by atoms with Crippen LogP contribution in [0.25, 0.3) is 28.0 Å². The lowest BCUT2D eigenvalue weighted by molar-refractivity contribution is -0.137. The van der Waals surface area contributed by atoms with Crippen LogP contribution in [0.3, 0.4) is 0 Å². The van der Waals surface area contributed by atoms with Gasteiger partial charge in [0.15, 0.2) is 28.8 Å². The summed E-state index contributed by atoms with van der Waals surface area (Å²) in [5.41, 5.74) is 7.82. The first kappa shape index (κ1) is 39.1. The van der Waals surface area contributed by atoms with Crippen LogP contribution in [0.4, 0.5) is 22.1 Å². The fraction of sp³-hybridized carbons (Fsp3) is 0.302. The Morgan fingerprint density at radius 3 is 2.19 bits per heavy atom. The predicted molar refractivity (Wildman–Crippen MR) is 221 cm³/mol. The van der Waals surface area contributed by atoms with Gasteiger partial charge >= 0.3 is 6.09 Å². The van der Waals surface area contributed by atoms with Gasteiger partial charge in [0.05, 0.1) is 45.9 Å². The normalized spacial score (nSPS) is 13.5. The number of likely N-dealkylation sites (N-methyl/N-ethyl adjacent to an activating group) is 1. The molecule has 0 spiro atoms. The lowest BCUT2D eigenvalue weighted by Gasteiger charge is -2.36. The number of fused-ring (bicyclic) bond motifs is 4. The van der Waals surface area contributed by atoms with Crippen LogP contribution in [0.1, 0.15) is 17.2 Å². The minimum atomic E-state index is -0.444. The molecule has 16 heteroatoms. The fourth-order valence-corrected chi connectivity index (χ4v) is 7.21. The van der Waals surface area contributed by atoms with Crippen LogP contribution in [0, 0.1) is 0 Å². The molecule has 59 heavy (non-hydrogen) atoms. The summed E-state index contributed by atoms with van der Waals surface area (Å²) in [6.07, 6.45) is 0.763. The highest BCUT2D eigenvalue weighted by molar-refractivity contribution is 5.80. The number of amides is 2. The van der Waals surface area contributed by atoms with E-state index >= 15 is 0 Å². The zero-order valence-corrected chi connectivity index (χ0v) is 33.1. The second-order valence-corrected chi connectivity index (χ2v) is 14.0. The highest BCUT2D eigenvalue weighted by atomic mass is 16.6. The molecule has 3 heterocycles. The summed E-state index contributed by atoms with van der Waals surface area (Å²) >= 11 is 0. The van der Waals surface area contributed by atoms with Gasteiger partial charge in [0, 0.05) is 68.3 Å². The van der Waals surface area contributed by atoms with E-state index in [1.54, 1.807) is 38.2 Å². The highest BCUT2D eigenvalue weighted by Crippen LogP contribution is 2.45. The van der Waals surface area contributed by atoms with Crippen LogP contribution < -0.4 is 19.7 Å². The van der Waals surface area contributed by atoms with Gasteiger partial charge in [0.1, 0.15) is 6.61 Å². The minimum absolute atomic E-state index is 0.0146. The smallest absolute Gasteiger partial charge is 0.410 e. The molecule has 2 aromatic heterocycles. The molecule has 1 saturated heterocycles. The van der Waals surface area contributed by atoms with Gasteiger partial charge < -0.3 is 43.7 Å². The summed E-state index contributed by atoms with van der Waals surface area (Å²) in [5.74, 6) is 1.52. The van der Waals surface area contributed by atoms with Crippen LogP contribution in [0.5, 0.6) is 11.5 Å². The van der Waals surface area contributed by atoms with Crippen molar-refractivity contribution in [2.24, 2.45) is 0 Å². The van der Waals surface area contributed by atoms with E-state index in [9.17, 15) is 9.59 Å². The van der Waals surface area contributed by atoms with E-state index in [4.69, 9.17) is 23.7 Å². The van der Waals surface area contributed by atoms with E-state index in [1.807, 2.05) is 77.7 Å². The van der Waals surface area contributed by atoms with Crippen LogP contribution in [-0.2, 0) is 19.0 Å². The van der Waals surface area contributed by atoms with Crippen molar-refractivity contribution in [1.82, 2.24) is 34.8 Å². The molecule has 0 atom stereocenters. The molecule has 16 nitrogen and oxygen atoms in total. The van der Waals surface area contributed by atoms with Crippen molar-refractivity contribution in [3.63, 3.8) is 0 Å². The zero-order chi connectivity index (χ0) is 40.7. The van der Waals surface area contributed by atoms with Crippen molar-refractivity contribution < 1.29 is 33.3 Å². The standard InChI is InChI=1S/C43H45N9O7/c1-49(43(54)59-40-34-10-6-4-8-32(34)33-9-5-7-11-35(33)40)22-23-57-24-25-58-28-39(53)51-20-18-50(19-21-51)30-14-12-29(13-15-30)45-42-44-27-36-41(46-42)52(48-47-36)31-16-17-37(55-2)38(26-31)56-3/h4-17,26-27,40H,18-25,28H2,1-3H3,(H,44,45,46). The van der Waals surface area contributed by atoms with Gasteiger partial charge in [-0.1, -0.05) is 53.7 Å². The highest BCUT2D eigenvalue weighted by Gasteiger charge is 2.32. The van der Waals surface area contributed by atoms with Crippen LogP contribution in [0.2, 0.25) is 0 Å². The summed E-state index contributed by atoms with van der Waals surface area (Å²) in [5, 5.41) is 11.7. The molecule has 1 aliphatic heterocycles. The van der Waals surface area contributed by atoms with Crippen molar-refractivity contribution in [2.45, 2.75) is 6.10 Å². The van der Waals surface area contributed by atoms with E-state index in [0.29, 0.717) is 74.5 Å². The SMILES string of the molecule is COc1ccc(-n2nnc3cnc(Nc4ccc(N5CCN(C(=O)COCCOCCN(C)C(=O)OC6c7ccccc7-c7ccccc76)CC5)cc4)nc32)cc1OC. The molecule has 2 amide bonds. The Bertz CT molecular complexity index is 2370. The molecule has 1 N–H and O–H groups in total. The average Bonchev–Trinajstić information content (AvgIpc) is 3.84. The number of methoxy groups -OCH3 is 2. The third-order valence-corrected chi connectivity index (χ3v) is 10.4. The average molecular weight is 800 g/mol. The van der Waals surface area contributed by atoms with E-state index in [-0.39, 0.29) is 19.1 Å². The molecule has 1 fully saturated rings. The monoisotopic (exact) mass is 799 g/mol. The lowest BCUT2D eigenvalue weighted by atomic mass is 10.1. The third kappa shape index (κ3) is 8.59. The van der Waals surface area contributed by atoms with Gasteiger partial charge in [-0.2, -0.15) is 9.67 Å². The van der Waals surface area contributed by atoms with Crippen molar-refractivity contribution in [1.29, 1.82) is 0 Å². The van der Waals surface area contributed by atoms with Crippen LogP contribution in [0.15, 0.2) is 97.2 Å². The summed E-state index contributed by atoms with van der Waals surface area (Å²) in [7, 11) is 4.86. The number of ether oxygens (including phenoxy) is 5. The van der Waals surface area contributed by atoms with E-state index < -0.39 is 12.2 Å². The van der Waals surface area contributed by atoms with E-state index in [1.165, 1.54) is 4.90 Å². The Morgan fingerprint density at radius 2 is 1.47 bits per heavy atom. The maximum absolute atomic E-state index is 12.9. The van der Waals surface area contributed by atoms with Gasteiger partial charge in [0.25, 0.3) is 0 Å². The summed E-state index contributed by atoms with van der Waals surface area (Å²) in [6, 6.07) is 29.5. The number of hydrogen-bond acceptors (Lipinski definition) is 13. The number of rotatable bonds is 15. The van der Waals surface area contributed by atoms with Gasteiger partial charge in [-0.15, -0.1) is 5.10 Å². The third-order valence-electron chi connectivity index (χ3n) is 10.4. The number of carbonyl (C=O) groups excluding carboxylic acids is 2. The van der Waals surface area contributed by atoms with E-state index in [0.717, 1.165) is 39.3 Å². The van der Waals surface area contributed by atoms with Gasteiger partial charge in [0.2, 0.25) is 11.9 Å². The van der Waals surface area contributed by atoms with Crippen molar-refractivity contribution in [3.8, 4) is 28.3 Å². The number of benzene rings is 4. The molecule has 0 bridgehead atoms.